The van der Waals surface area contributed by atoms with Crippen LogP contribution in [-0.4, -0.2) is 15.6 Å². The van der Waals surface area contributed by atoms with Gasteiger partial charge in [-0.1, -0.05) is 31.4 Å². The third kappa shape index (κ3) is 2.09. The van der Waals surface area contributed by atoms with Gasteiger partial charge in [0.1, 0.15) is 5.82 Å². The van der Waals surface area contributed by atoms with Crippen LogP contribution in [-0.2, 0) is 5.41 Å². The average molecular weight is 304 g/mol. The summed E-state index contributed by atoms with van der Waals surface area (Å²) in [5, 5.41) is 0.757. The fraction of sp³-hybridized carbons (Fsp3) is 0.588. The van der Waals surface area contributed by atoms with Gasteiger partial charge in [0, 0.05) is 22.5 Å². The lowest BCUT2D eigenvalue weighted by Gasteiger charge is -2.39. The maximum absolute atomic E-state index is 6.51. The van der Waals surface area contributed by atoms with E-state index in [1.165, 1.54) is 37.0 Å². The second kappa shape index (κ2) is 4.72. The number of rotatable bonds is 2. The van der Waals surface area contributed by atoms with Crippen LogP contribution in [0, 0.1) is 0 Å². The first kappa shape index (κ1) is 13.6. The van der Waals surface area contributed by atoms with Crippen LogP contribution in [0.2, 0.25) is 5.02 Å². The standard InChI is InChI=1S/C17H22ClN3/c1-17(9-3-2-4-15(17)19)16-20-13-10-11(18)5-8-14(13)21(16)12-6-7-12/h5,8,10,12,15H,2-4,6-7,9,19H2,1H3. The van der Waals surface area contributed by atoms with Crippen LogP contribution < -0.4 is 5.73 Å². The molecule has 0 spiro atoms. The van der Waals surface area contributed by atoms with Crippen molar-refractivity contribution >= 4 is 22.6 Å². The Labute approximate surface area is 130 Å². The number of benzene rings is 1. The Morgan fingerprint density at radius 2 is 2.10 bits per heavy atom. The van der Waals surface area contributed by atoms with Crippen molar-refractivity contribution in [1.29, 1.82) is 0 Å². The molecule has 2 atom stereocenters. The first-order valence-corrected chi connectivity index (χ1v) is 8.41. The van der Waals surface area contributed by atoms with Crippen molar-refractivity contribution in [2.75, 3.05) is 0 Å². The number of nitrogens with zero attached hydrogens (tertiary/aromatic N) is 2. The lowest BCUT2D eigenvalue weighted by atomic mass is 9.71. The highest BCUT2D eigenvalue weighted by Crippen LogP contribution is 2.45. The third-order valence-electron chi connectivity index (χ3n) is 5.35. The van der Waals surface area contributed by atoms with E-state index in [0.29, 0.717) is 6.04 Å². The van der Waals surface area contributed by atoms with Gasteiger partial charge in [-0.05, 0) is 43.9 Å². The predicted octanol–water partition coefficient (Wildman–Crippen LogP) is 4.18. The predicted molar refractivity (Wildman–Crippen MR) is 86.8 cm³/mol. The van der Waals surface area contributed by atoms with Gasteiger partial charge in [-0.2, -0.15) is 0 Å². The molecule has 3 nitrogen and oxygen atoms in total. The Kier molecular flexibility index (Phi) is 3.05. The summed E-state index contributed by atoms with van der Waals surface area (Å²) < 4.78 is 2.46. The summed E-state index contributed by atoms with van der Waals surface area (Å²) in [5.74, 6) is 1.19. The van der Waals surface area contributed by atoms with Gasteiger partial charge in [0.25, 0.3) is 0 Å². The SMILES string of the molecule is CC1(c2nc3cc(Cl)ccc3n2C2CC2)CCCCC1N. The van der Waals surface area contributed by atoms with Crippen molar-refractivity contribution in [1.82, 2.24) is 9.55 Å². The summed E-state index contributed by atoms with van der Waals surface area (Å²) in [7, 11) is 0. The number of hydrogen-bond acceptors (Lipinski definition) is 2. The minimum Gasteiger partial charge on any atom is -0.327 e. The van der Waals surface area contributed by atoms with Crippen molar-refractivity contribution in [3.05, 3.63) is 29.0 Å². The molecule has 1 aromatic heterocycles. The number of aromatic nitrogens is 2. The fourth-order valence-corrected chi connectivity index (χ4v) is 3.98. The van der Waals surface area contributed by atoms with Crippen molar-refractivity contribution < 1.29 is 0 Å². The lowest BCUT2D eigenvalue weighted by Crippen LogP contribution is -2.47. The smallest absolute Gasteiger partial charge is 0.117 e. The Bertz CT molecular complexity index is 689. The Hall–Kier alpha value is -1.06. The van der Waals surface area contributed by atoms with E-state index in [-0.39, 0.29) is 11.5 Å². The molecule has 2 saturated carbocycles. The molecule has 2 aromatic rings. The van der Waals surface area contributed by atoms with Crippen LogP contribution in [0.5, 0.6) is 0 Å². The summed E-state index contributed by atoms with van der Waals surface area (Å²) in [4.78, 5) is 4.98. The van der Waals surface area contributed by atoms with Crippen LogP contribution in [0.15, 0.2) is 18.2 Å². The first-order valence-electron chi connectivity index (χ1n) is 8.03. The molecular weight excluding hydrogens is 282 g/mol. The van der Waals surface area contributed by atoms with Gasteiger partial charge in [0.05, 0.1) is 11.0 Å². The lowest BCUT2D eigenvalue weighted by molar-refractivity contribution is 0.252. The van der Waals surface area contributed by atoms with Gasteiger partial charge in [-0.3, -0.25) is 0 Å². The highest BCUT2D eigenvalue weighted by atomic mass is 35.5. The maximum Gasteiger partial charge on any atom is 0.117 e. The Morgan fingerprint density at radius 1 is 1.29 bits per heavy atom. The fourth-order valence-electron chi connectivity index (χ4n) is 3.82. The van der Waals surface area contributed by atoms with Gasteiger partial charge in [-0.25, -0.2) is 4.98 Å². The molecule has 112 valence electrons. The topological polar surface area (TPSA) is 43.8 Å². The van der Waals surface area contributed by atoms with Crippen molar-refractivity contribution in [3.63, 3.8) is 0 Å². The molecule has 2 unspecified atom stereocenters. The molecule has 4 heteroatoms. The summed E-state index contributed by atoms with van der Waals surface area (Å²) in [5.41, 5.74) is 8.73. The van der Waals surface area contributed by atoms with Gasteiger partial charge >= 0.3 is 0 Å². The molecular formula is C17H22ClN3. The molecule has 1 heterocycles. The Morgan fingerprint density at radius 3 is 2.81 bits per heavy atom. The molecule has 0 radical (unpaired) electrons. The molecule has 0 aliphatic heterocycles. The molecule has 0 bridgehead atoms. The largest absolute Gasteiger partial charge is 0.327 e. The quantitative estimate of drug-likeness (QED) is 0.904. The highest BCUT2D eigenvalue weighted by Gasteiger charge is 2.42. The van der Waals surface area contributed by atoms with E-state index in [0.717, 1.165) is 23.4 Å². The van der Waals surface area contributed by atoms with E-state index in [2.05, 4.69) is 17.6 Å². The van der Waals surface area contributed by atoms with E-state index >= 15 is 0 Å². The minimum atomic E-state index is -0.00760. The monoisotopic (exact) mass is 303 g/mol. The third-order valence-corrected chi connectivity index (χ3v) is 5.59. The van der Waals surface area contributed by atoms with E-state index < -0.39 is 0 Å². The zero-order valence-corrected chi connectivity index (χ0v) is 13.2. The Balaban J connectivity index is 1.93. The van der Waals surface area contributed by atoms with Crippen LogP contribution in [0.25, 0.3) is 11.0 Å². The van der Waals surface area contributed by atoms with Crippen LogP contribution in [0.1, 0.15) is 57.3 Å². The summed E-state index contributed by atoms with van der Waals surface area (Å²) in [6, 6.07) is 6.88. The minimum absolute atomic E-state index is 0.00760. The van der Waals surface area contributed by atoms with Crippen molar-refractivity contribution in [3.8, 4) is 0 Å². The summed E-state index contributed by atoms with van der Waals surface area (Å²) in [6.45, 7) is 2.30. The second-order valence-corrected chi connectivity index (χ2v) is 7.38. The van der Waals surface area contributed by atoms with E-state index in [1.807, 2.05) is 12.1 Å². The van der Waals surface area contributed by atoms with Gasteiger partial charge in [0.2, 0.25) is 0 Å². The molecule has 1 aromatic carbocycles. The summed E-state index contributed by atoms with van der Waals surface area (Å²) in [6.07, 6.45) is 7.24. The number of hydrogen-bond donors (Lipinski definition) is 1. The number of halogens is 1. The number of imidazole rings is 1. The molecule has 21 heavy (non-hydrogen) atoms. The number of nitrogens with two attached hydrogens (primary N) is 1. The van der Waals surface area contributed by atoms with Gasteiger partial charge in [-0.15, -0.1) is 0 Å². The zero-order valence-electron chi connectivity index (χ0n) is 12.5. The van der Waals surface area contributed by atoms with Gasteiger partial charge in [0.15, 0.2) is 0 Å². The van der Waals surface area contributed by atoms with Crippen LogP contribution in [0.4, 0.5) is 0 Å². The molecule has 0 amide bonds. The normalized spacial score (nSPS) is 30.0. The van der Waals surface area contributed by atoms with E-state index in [1.54, 1.807) is 0 Å². The second-order valence-electron chi connectivity index (χ2n) is 6.94. The average Bonchev–Trinajstić information content (AvgIpc) is 3.22. The first-order chi connectivity index (χ1) is 10.1. The number of fused-ring (bicyclic) bond motifs is 1. The van der Waals surface area contributed by atoms with Crippen LogP contribution >= 0.6 is 11.6 Å². The zero-order chi connectivity index (χ0) is 14.6. The van der Waals surface area contributed by atoms with Crippen molar-refractivity contribution in [2.45, 2.75) is 62.9 Å². The molecule has 4 rings (SSSR count). The molecule has 2 aliphatic rings. The molecule has 0 saturated heterocycles. The van der Waals surface area contributed by atoms with E-state index in [4.69, 9.17) is 22.3 Å². The summed E-state index contributed by atoms with van der Waals surface area (Å²) >= 11 is 6.15. The highest BCUT2D eigenvalue weighted by molar-refractivity contribution is 6.31. The van der Waals surface area contributed by atoms with Gasteiger partial charge < -0.3 is 10.3 Å². The molecule has 2 aliphatic carbocycles. The molecule has 2 N–H and O–H groups in total. The van der Waals surface area contributed by atoms with Crippen molar-refractivity contribution in [2.24, 2.45) is 5.73 Å². The molecule has 2 fully saturated rings. The van der Waals surface area contributed by atoms with E-state index in [9.17, 15) is 0 Å². The maximum atomic E-state index is 6.51. The van der Waals surface area contributed by atoms with Crippen LogP contribution in [0.3, 0.4) is 0 Å².